The summed E-state index contributed by atoms with van der Waals surface area (Å²) in [5, 5.41) is 3.49. The molecule has 11 heteroatoms. The third-order valence-corrected chi connectivity index (χ3v) is 8.27. The molecule has 5 aromatic rings. The van der Waals surface area contributed by atoms with Gasteiger partial charge in [0.25, 0.3) is 5.56 Å². The molecule has 0 unspecified atom stereocenters. The number of rotatable bonds is 8. The van der Waals surface area contributed by atoms with Crippen LogP contribution >= 0.6 is 11.3 Å². The van der Waals surface area contributed by atoms with E-state index in [9.17, 15) is 18.4 Å². The minimum absolute atomic E-state index is 0.00547. The highest BCUT2D eigenvalue weighted by Gasteiger charge is 2.33. The van der Waals surface area contributed by atoms with Crippen LogP contribution in [0.25, 0.3) is 21.7 Å². The number of carbonyl (C=O) groups is 1. The largest absolute Gasteiger partial charge is 0.497 e. The number of amides is 1. The second-order valence-electron chi connectivity index (χ2n) is 10.0. The van der Waals surface area contributed by atoms with Crippen LogP contribution in [-0.4, -0.2) is 40.1 Å². The van der Waals surface area contributed by atoms with Gasteiger partial charge in [-0.3, -0.25) is 14.2 Å². The second kappa shape index (κ2) is 11.7. The lowest BCUT2D eigenvalue weighted by molar-refractivity contribution is -0.122. The molecule has 1 aliphatic rings. The number of nitrogens with one attached hydrogen (secondary N) is 1. The molecule has 42 heavy (non-hydrogen) atoms. The van der Waals surface area contributed by atoms with Gasteiger partial charge < -0.3 is 15.0 Å². The lowest BCUT2D eigenvalue weighted by Crippen LogP contribution is -2.43. The van der Waals surface area contributed by atoms with Gasteiger partial charge in [0.15, 0.2) is 15.5 Å². The van der Waals surface area contributed by atoms with E-state index in [0.29, 0.717) is 30.4 Å². The molecule has 8 nitrogen and oxygen atoms in total. The van der Waals surface area contributed by atoms with Gasteiger partial charge in [-0.25, -0.2) is 18.7 Å². The molecule has 1 amide bonds. The van der Waals surface area contributed by atoms with E-state index in [1.165, 1.54) is 4.57 Å². The van der Waals surface area contributed by atoms with Gasteiger partial charge in [-0.1, -0.05) is 53.8 Å². The first-order valence-corrected chi connectivity index (χ1v) is 14.3. The smallest absolute Gasteiger partial charge is 0.281 e. The predicted molar refractivity (Wildman–Crippen MR) is 158 cm³/mol. The number of methoxy groups -OCH3 is 1. The van der Waals surface area contributed by atoms with Gasteiger partial charge in [-0.05, 0) is 54.3 Å². The normalized spacial score (nSPS) is 14.8. The third-order valence-electron chi connectivity index (χ3n) is 7.29. The molecule has 0 spiro atoms. The van der Waals surface area contributed by atoms with E-state index in [1.807, 2.05) is 35.2 Å². The van der Waals surface area contributed by atoms with Crippen LogP contribution < -0.4 is 20.5 Å². The SMILES string of the molecule is COc1ccc(Cn2c(-c3cc(F)ccc3F)nc3sc(N4CCC[C@@H]4C(=O)NCc4ccccc4)nc3c2=O)cc1. The van der Waals surface area contributed by atoms with Crippen LogP contribution in [-0.2, 0) is 17.9 Å². The van der Waals surface area contributed by atoms with E-state index < -0.39 is 23.2 Å². The number of halogens is 2. The Morgan fingerprint density at radius 3 is 2.60 bits per heavy atom. The summed E-state index contributed by atoms with van der Waals surface area (Å²) >= 11 is 1.16. The van der Waals surface area contributed by atoms with Crippen LogP contribution in [0.15, 0.2) is 77.6 Å². The molecule has 0 bridgehead atoms. The van der Waals surface area contributed by atoms with E-state index in [-0.39, 0.29) is 34.2 Å². The quantitative estimate of drug-likeness (QED) is 0.271. The average Bonchev–Trinajstić information content (AvgIpc) is 3.67. The highest BCUT2D eigenvalue weighted by atomic mass is 32.1. The number of nitrogens with zero attached hydrogens (tertiary/aromatic N) is 4. The van der Waals surface area contributed by atoms with Crippen LogP contribution in [0, 0.1) is 11.6 Å². The van der Waals surface area contributed by atoms with Crippen LogP contribution in [0.5, 0.6) is 5.75 Å². The summed E-state index contributed by atoms with van der Waals surface area (Å²) in [6, 6.07) is 19.4. The number of anilines is 1. The molecule has 1 saturated heterocycles. The predicted octanol–water partition coefficient (Wildman–Crippen LogP) is 5.14. The van der Waals surface area contributed by atoms with Crippen molar-refractivity contribution in [2.45, 2.75) is 32.0 Å². The summed E-state index contributed by atoms with van der Waals surface area (Å²) in [4.78, 5) is 38.5. The first kappa shape index (κ1) is 27.5. The highest BCUT2D eigenvalue weighted by molar-refractivity contribution is 7.21. The molecule has 1 fully saturated rings. The number of aromatic nitrogens is 3. The average molecular weight is 588 g/mol. The zero-order valence-corrected chi connectivity index (χ0v) is 23.5. The van der Waals surface area contributed by atoms with Crippen molar-refractivity contribution in [2.75, 3.05) is 18.6 Å². The number of benzene rings is 3. The summed E-state index contributed by atoms with van der Waals surface area (Å²) in [6.07, 6.45) is 1.43. The van der Waals surface area contributed by atoms with Crippen molar-refractivity contribution in [1.82, 2.24) is 19.9 Å². The summed E-state index contributed by atoms with van der Waals surface area (Å²) in [5.41, 5.74) is 1.23. The molecular formula is C31H27F2N5O3S. The molecular weight excluding hydrogens is 560 g/mol. The number of ether oxygens (including phenoxy) is 1. The molecule has 6 rings (SSSR count). The Hall–Kier alpha value is -4.64. The van der Waals surface area contributed by atoms with Gasteiger partial charge in [-0.2, -0.15) is 0 Å². The molecule has 1 aliphatic heterocycles. The van der Waals surface area contributed by atoms with Crippen LogP contribution in [0.4, 0.5) is 13.9 Å². The Bertz CT molecular complexity index is 1810. The fourth-order valence-electron chi connectivity index (χ4n) is 5.13. The fraction of sp³-hybridized carbons (Fsp3) is 0.226. The van der Waals surface area contributed by atoms with Crippen molar-refractivity contribution in [1.29, 1.82) is 0 Å². The molecule has 3 heterocycles. The Morgan fingerprint density at radius 1 is 1.05 bits per heavy atom. The van der Waals surface area contributed by atoms with Gasteiger partial charge >= 0.3 is 0 Å². The Kier molecular flexibility index (Phi) is 7.66. The van der Waals surface area contributed by atoms with E-state index in [2.05, 4.69) is 15.3 Å². The van der Waals surface area contributed by atoms with E-state index in [0.717, 1.165) is 47.1 Å². The Labute approximate surface area is 244 Å². The molecule has 0 aliphatic carbocycles. The van der Waals surface area contributed by atoms with Crippen molar-refractivity contribution in [3.05, 3.63) is 106 Å². The molecule has 0 radical (unpaired) electrons. The molecule has 214 valence electrons. The highest BCUT2D eigenvalue weighted by Crippen LogP contribution is 2.33. The van der Waals surface area contributed by atoms with Gasteiger partial charge in [0, 0.05) is 13.1 Å². The van der Waals surface area contributed by atoms with Crippen LogP contribution in [0.1, 0.15) is 24.0 Å². The van der Waals surface area contributed by atoms with E-state index in [1.54, 1.807) is 31.4 Å². The van der Waals surface area contributed by atoms with Crippen molar-refractivity contribution in [2.24, 2.45) is 0 Å². The summed E-state index contributed by atoms with van der Waals surface area (Å²) in [6.45, 7) is 1.05. The van der Waals surface area contributed by atoms with Gasteiger partial charge in [0.05, 0.1) is 19.2 Å². The van der Waals surface area contributed by atoms with Crippen molar-refractivity contribution < 1.29 is 18.3 Å². The molecule has 0 saturated carbocycles. The number of thiazole rings is 1. The van der Waals surface area contributed by atoms with Crippen LogP contribution in [0.2, 0.25) is 0 Å². The minimum atomic E-state index is -0.703. The van der Waals surface area contributed by atoms with Crippen molar-refractivity contribution in [3.8, 4) is 17.1 Å². The zero-order chi connectivity index (χ0) is 29.2. The molecule has 3 aromatic carbocycles. The fourth-order valence-corrected chi connectivity index (χ4v) is 6.13. The Balaban J connectivity index is 1.38. The maximum Gasteiger partial charge on any atom is 0.281 e. The monoisotopic (exact) mass is 587 g/mol. The molecule has 1 atom stereocenters. The van der Waals surface area contributed by atoms with Gasteiger partial charge in [0.1, 0.15) is 29.3 Å². The summed E-state index contributed by atoms with van der Waals surface area (Å²) < 4.78 is 35.8. The topological polar surface area (TPSA) is 89.3 Å². The second-order valence-corrected chi connectivity index (χ2v) is 11.0. The van der Waals surface area contributed by atoms with Gasteiger partial charge in [-0.15, -0.1) is 0 Å². The Morgan fingerprint density at radius 2 is 1.83 bits per heavy atom. The lowest BCUT2D eigenvalue weighted by Gasteiger charge is -2.23. The maximum atomic E-state index is 15.0. The summed E-state index contributed by atoms with van der Waals surface area (Å²) in [7, 11) is 1.56. The number of hydrogen-bond donors (Lipinski definition) is 1. The first-order valence-electron chi connectivity index (χ1n) is 13.5. The first-order chi connectivity index (χ1) is 20.4. The van der Waals surface area contributed by atoms with Crippen LogP contribution in [0.3, 0.4) is 0 Å². The number of carbonyl (C=O) groups excluding carboxylic acids is 1. The number of hydrogen-bond acceptors (Lipinski definition) is 7. The zero-order valence-electron chi connectivity index (χ0n) is 22.7. The molecule has 2 aromatic heterocycles. The standard InChI is InChI=1S/C31H27F2N5O3S/c1-41-22-12-9-20(10-13-22)18-38-27(23-16-21(32)11-14-24(23)33)36-29-26(30(38)40)35-31(42-29)37-15-5-8-25(37)28(39)34-17-19-6-3-2-4-7-19/h2-4,6-7,9-14,16,25H,5,8,15,17-18H2,1H3,(H,34,39)/t25-/m1/s1. The number of fused-ring (bicyclic) bond motifs is 1. The molecule has 1 N–H and O–H groups in total. The van der Waals surface area contributed by atoms with Crippen molar-refractivity contribution >= 4 is 32.7 Å². The lowest BCUT2D eigenvalue weighted by atomic mass is 10.1. The third kappa shape index (κ3) is 5.47. The van der Waals surface area contributed by atoms with Gasteiger partial charge in [0.2, 0.25) is 5.91 Å². The maximum absolute atomic E-state index is 15.0. The van der Waals surface area contributed by atoms with E-state index >= 15 is 0 Å². The van der Waals surface area contributed by atoms with E-state index in [4.69, 9.17) is 4.74 Å². The minimum Gasteiger partial charge on any atom is -0.497 e. The van der Waals surface area contributed by atoms with Crippen molar-refractivity contribution in [3.63, 3.8) is 0 Å². The summed E-state index contributed by atoms with van der Waals surface area (Å²) in [5.74, 6) is -0.834.